The Kier molecular flexibility index (Phi) is 7.59. The maximum Gasteiger partial charge on any atom is 0.264 e. The SMILES string of the molecule is CCc1ccc([C@@H](C)NC(=O)CN(c2cc(C)ccc2C)S(=O)(=O)c2ccc(C)cc2)cc1. The molecule has 3 aromatic rings. The minimum atomic E-state index is -3.94. The van der Waals surface area contributed by atoms with Gasteiger partial charge in [0.1, 0.15) is 6.54 Å². The van der Waals surface area contributed by atoms with E-state index in [1.165, 1.54) is 9.87 Å². The van der Waals surface area contributed by atoms with E-state index in [1.54, 1.807) is 30.3 Å². The van der Waals surface area contributed by atoms with Crippen LogP contribution in [-0.2, 0) is 21.2 Å². The van der Waals surface area contributed by atoms with Gasteiger partial charge in [-0.1, -0.05) is 61.0 Å². The Morgan fingerprint density at radius 3 is 2.12 bits per heavy atom. The van der Waals surface area contributed by atoms with Crippen LogP contribution in [0.5, 0.6) is 0 Å². The number of hydrogen-bond donors (Lipinski definition) is 1. The Labute approximate surface area is 197 Å². The molecule has 3 rings (SSSR count). The third-order valence-electron chi connectivity index (χ3n) is 5.79. The summed E-state index contributed by atoms with van der Waals surface area (Å²) in [5, 5.41) is 2.96. The van der Waals surface area contributed by atoms with Crippen molar-refractivity contribution in [3.63, 3.8) is 0 Å². The lowest BCUT2D eigenvalue weighted by atomic mass is 10.1. The van der Waals surface area contributed by atoms with Gasteiger partial charge < -0.3 is 5.32 Å². The van der Waals surface area contributed by atoms with E-state index in [0.29, 0.717) is 5.69 Å². The van der Waals surface area contributed by atoms with Crippen LogP contribution in [0.4, 0.5) is 5.69 Å². The fourth-order valence-corrected chi connectivity index (χ4v) is 5.15. The van der Waals surface area contributed by atoms with Gasteiger partial charge in [-0.2, -0.15) is 0 Å². The molecule has 0 spiro atoms. The summed E-state index contributed by atoms with van der Waals surface area (Å²) in [4.78, 5) is 13.2. The van der Waals surface area contributed by atoms with Crippen molar-refractivity contribution in [1.29, 1.82) is 0 Å². The molecule has 0 aliphatic rings. The molecule has 1 N–H and O–H groups in total. The van der Waals surface area contributed by atoms with Gasteiger partial charge in [0, 0.05) is 0 Å². The number of carbonyl (C=O) groups is 1. The molecule has 0 unspecified atom stereocenters. The summed E-state index contributed by atoms with van der Waals surface area (Å²) in [6.07, 6.45) is 0.947. The average Bonchev–Trinajstić information content (AvgIpc) is 2.79. The van der Waals surface area contributed by atoms with E-state index in [-0.39, 0.29) is 23.4 Å². The van der Waals surface area contributed by atoms with Gasteiger partial charge in [-0.05, 0) is 74.6 Å². The van der Waals surface area contributed by atoms with Crippen LogP contribution in [0.3, 0.4) is 0 Å². The van der Waals surface area contributed by atoms with E-state index in [0.717, 1.165) is 28.7 Å². The van der Waals surface area contributed by atoms with E-state index < -0.39 is 10.0 Å². The molecule has 1 atom stereocenters. The Morgan fingerprint density at radius 2 is 1.52 bits per heavy atom. The monoisotopic (exact) mass is 464 g/mol. The van der Waals surface area contributed by atoms with Crippen LogP contribution in [0.2, 0.25) is 0 Å². The zero-order valence-electron chi connectivity index (χ0n) is 19.9. The molecular weight excluding hydrogens is 432 g/mol. The molecule has 6 heteroatoms. The molecule has 0 aliphatic carbocycles. The fraction of sp³-hybridized carbons (Fsp3) is 0.296. The Hall–Kier alpha value is -3.12. The van der Waals surface area contributed by atoms with Gasteiger partial charge in [-0.3, -0.25) is 9.10 Å². The maximum atomic E-state index is 13.6. The van der Waals surface area contributed by atoms with Crippen molar-refractivity contribution in [3.05, 3.63) is 94.5 Å². The topological polar surface area (TPSA) is 66.5 Å². The van der Waals surface area contributed by atoms with Crippen molar-refractivity contribution >= 4 is 21.6 Å². The third-order valence-corrected chi connectivity index (χ3v) is 7.57. The van der Waals surface area contributed by atoms with Gasteiger partial charge in [0.15, 0.2) is 0 Å². The molecule has 0 bridgehead atoms. The van der Waals surface area contributed by atoms with Crippen LogP contribution < -0.4 is 9.62 Å². The normalized spacial score (nSPS) is 12.3. The second-order valence-corrected chi connectivity index (χ2v) is 10.4. The van der Waals surface area contributed by atoms with E-state index >= 15 is 0 Å². The number of rotatable bonds is 8. The quantitative estimate of drug-likeness (QED) is 0.495. The summed E-state index contributed by atoms with van der Waals surface area (Å²) in [6, 6.07) is 20.1. The Balaban J connectivity index is 1.91. The van der Waals surface area contributed by atoms with E-state index in [2.05, 4.69) is 12.2 Å². The van der Waals surface area contributed by atoms with Crippen molar-refractivity contribution in [2.24, 2.45) is 0 Å². The maximum absolute atomic E-state index is 13.6. The largest absolute Gasteiger partial charge is 0.348 e. The minimum Gasteiger partial charge on any atom is -0.348 e. The van der Waals surface area contributed by atoms with Crippen LogP contribution in [0, 0.1) is 20.8 Å². The molecule has 0 aliphatic heterocycles. The molecule has 3 aromatic carbocycles. The molecule has 0 fully saturated rings. The lowest BCUT2D eigenvalue weighted by Crippen LogP contribution is -2.42. The molecule has 0 saturated heterocycles. The summed E-state index contributed by atoms with van der Waals surface area (Å²) in [6.45, 7) is 9.34. The predicted octanol–water partition coefficient (Wildman–Crippen LogP) is 5.25. The van der Waals surface area contributed by atoms with Crippen LogP contribution >= 0.6 is 0 Å². The Morgan fingerprint density at radius 1 is 0.909 bits per heavy atom. The van der Waals surface area contributed by atoms with E-state index in [1.807, 2.05) is 64.1 Å². The number of amides is 1. The van der Waals surface area contributed by atoms with Crippen molar-refractivity contribution in [1.82, 2.24) is 5.32 Å². The van der Waals surface area contributed by atoms with Crippen molar-refractivity contribution in [2.45, 2.75) is 52.0 Å². The van der Waals surface area contributed by atoms with E-state index in [9.17, 15) is 13.2 Å². The highest BCUT2D eigenvalue weighted by Crippen LogP contribution is 2.28. The van der Waals surface area contributed by atoms with Crippen molar-refractivity contribution < 1.29 is 13.2 Å². The molecule has 0 heterocycles. The van der Waals surface area contributed by atoms with Gasteiger partial charge in [-0.25, -0.2) is 8.42 Å². The lowest BCUT2D eigenvalue weighted by molar-refractivity contribution is -0.120. The average molecular weight is 465 g/mol. The first-order chi connectivity index (χ1) is 15.6. The molecular formula is C27H32N2O3S. The van der Waals surface area contributed by atoms with Crippen LogP contribution in [-0.4, -0.2) is 20.9 Å². The van der Waals surface area contributed by atoms with Gasteiger partial charge in [0.2, 0.25) is 5.91 Å². The molecule has 1 amide bonds. The number of hydrogen-bond acceptors (Lipinski definition) is 3. The number of benzene rings is 3. The zero-order chi connectivity index (χ0) is 24.2. The summed E-state index contributed by atoms with van der Waals surface area (Å²) in [5.74, 6) is -0.362. The third kappa shape index (κ3) is 5.82. The van der Waals surface area contributed by atoms with Gasteiger partial charge in [0.05, 0.1) is 16.6 Å². The second-order valence-electron chi connectivity index (χ2n) is 8.50. The summed E-state index contributed by atoms with van der Waals surface area (Å²) in [7, 11) is -3.94. The summed E-state index contributed by atoms with van der Waals surface area (Å²) < 4.78 is 28.4. The first-order valence-corrected chi connectivity index (χ1v) is 12.6. The molecule has 0 aromatic heterocycles. The van der Waals surface area contributed by atoms with Gasteiger partial charge >= 0.3 is 0 Å². The first-order valence-electron chi connectivity index (χ1n) is 11.2. The highest BCUT2D eigenvalue weighted by Gasteiger charge is 2.28. The summed E-state index contributed by atoms with van der Waals surface area (Å²) >= 11 is 0. The molecule has 33 heavy (non-hydrogen) atoms. The smallest absolute Gasteiger partial charge is 0.264 e. The highest BCUT2D eigenvalue weighted by molar-refractivity contribution is 7.92. The standard InChI is InChI=1S/C27H32N2O3S/c1-6-23-11-13-24(14-12-23)22(5)28-27(30)18-29(26-17-20(3)7-10-21(26)4)33(31,32)25-15-8-19(2)9-16-25/h7-17,22H,6,18H2,1-5H3,(H,28,30)/t22-/m1/s1. The molecule has 0 radical (unpaired) electrons. The number of carbonyl (C=O) groups excluding carboxylic acids is 1. The van der Waals surface area contributed by atoms with Crippen LogP contribution in [0.25, 0.3) is 0 Å². The molecule has 174 valence electrons. The number of aryl methyl sites for hydroxylation is 4. The molecule has 5 nitrogen and oxygen atoms in total. The van der Waals surface area contributed by atoms with Crippen LogP contribution in [0.15, 0.2) is 71.6 Å². The number of sulfonamides is 1. The second kappa shape index (κ2) is 10.2. The fourth-order valence-electron chi connectivity index (χ4n) is 3.67. The lowest BCUT2D eigenvalue weighted by Gasteiger charge is -2.27. The zero-order valence-corrected chi connectivity index (χ0v) is 20.7. The van der Waals surface area contributed by atoms with E-state index in [4.69, 9.17) is 0 Å². The van der Waals surface area contributed by atoms with Crippen molar-refractivity contribution in [2.75, 3.05) is 10.8 Å². The first kappa shape index (κ1) is 24.5. The van der Waals surface area contributed by atoms with Gasteiger partial charge in [0.25, 0.3) is 10.0 Å². The van der Waals surface area contributed by atoms with Crippen molar-refractivity contribution in [3.8, 4) is 0 Å². The number of anilines is 1. The summed E-state index contributed by atoms with van der Waals surface area (Å²) in [5.41, 5.74) is 5.37. The Bertz CT molecular complexity index is 1220. The molecule has 0 saturated carbocycles. The minimum absolute atomic E-state index is 0.157. The highest BCUT2D eigenvalue weighted by atomic mass is 32.2. The predicted molar refractivity (Wildman–Crippen MR) is 134 cm³/mol. The van der Waals surface area contributed by atoms with Crippen LogP contribution in [0.1, 0.15) is 47.7 Å². The number of nitrogens with zero attached hydrogens (tertiary/aromatic N) is 1. The number of nitrogens with one attached hydrogen (secondary N) is 1. The van der Waals surface area contributed by atoms with Gasteiger partial charge in [-0.15, -0.1) is 0 Å².